The Morgan fingerprint density at radius 1 is 1.38 bits per heavy atom. The van der Waals surface area contributed by atoms with Crippen LogP contribution >= 0.6 is 0 Å². The Bertz CT molecular complexity index is 928. The molecular formula is C16H14N4O. The van der Waals surface area contributed by atoms with Crippen molar-refractivity contribution in [2.45, 2.75) is 20.3 Å². The first-order valence-corrected chi connectivity index (χ1v) is 6.74. The third kappa shape index (κ3) is 2.21. The third-order valence-electron chi connectivity index (χ3n) is 3.53. The molecule has 0 bridgehead atoms. The van der Waals surface area contributed by atoms with Crippen LogP contribution in [0.2, 0.25) is 0 Å². The largest absolute Gasteiger partial charge is 0.325 e. The van der Waals surface area contributed by atoms with E-state index < -0.39 is 0 Å². The summed E-state index contributed by atoms with van der Waals surface area (Å²) in [5, 5.41) is 9.00. The van der Waals surface area contributed by atoms with Gasteiger partial charge in [0.15, 0.2) is 0 Å². The van der Waals surface area contributed by atoms with Gasteiger partial charge in [0.05, 0.1) is 5.69 Å². The highest BCUT2D eigenvalue weighted by Gasteiger charge is 2.09. The van der Waals surface area contributed by atoms with E-state index in [1.807, 2.05) is 41.9 Å². The summed E-state index contributed by atoms with van der Waals surface area (Å²) in [4.78, 5) is 18.8. The smallest absolute Gasteiger partial charge is 0.266 e. The third-order valence-corrected chi connectivity index (χ3v) is 3.53. The number of aryl methyl sites for hydroxylation is 2. The molecule has 0 radical (unpaired) electrons. The second-order valence-electron chi connectivity index (χ2n) is 4.93. The Hall–Kier alpha value is -2.87. The number of pyridine rings is 2. The van der Waals surface area contributed by atoms with E-state index in [4.69, 9.17) is 5.26 Å². The molecule has 104 valence electrons. The van der Waals surface area contributed by atoms with Crippen LogP contribution in [0, 0.1) is 18.3 Å². The van der Waals surface area contributed by atoms with Gasteiger partial charge < -0.3 is 9.38 Å². The highest BCUT2D eigenvalue weighted by molar-refractivity contribution is 5.68. The minimum atomic E-state index is -0.351. The maximum Gasteiger partial charge on any atom is 0.266 e. The lowest BCUT2D eigenvalue weighted by atomic mass is 10.0. The monoisotopic (exact) mass is 278 g/mol. The predicted molar refractivity (Wildman–Crippen MR) is 80.1 cm³/mol. The zero-order valence-electron chi connectivity index (χ0n) is 11.8. The molecule has 21 heavy (non-hydrogen) atoms. The van der Waals surface area contributed by atoms with Crippen molar-refractivity contribution in [2.24, 2.45) is 0 Å². The van der Waals surface area contributed by atoms with Crippen molar-refractivity contribution in [2.75, 3.05) is 0 Å². The van der Waals surface area contributed by atoms with Crippen LogP contribution in [0.4, 0.5) is 0 Å². The summed E-state index contributed by atoms with van der Waals surface area (Å²) in [6, 6.07) is 7.44. The van der Waals surface area contributed by atoms with Crippen LogP contribution in [0.3, 0.4) is 0 Å². The van der Waals surface area contributed by atoms with E-state index in [1.54, 1.807) is 6.07 Å². The van der Waals surface area contributed by atoms with E-state index in [0.717, 1.165) is 34.6 Å². The molecule has 0 fully saturated rings. The quantitative estimate of drug-likeness (QED) is 0.782. The summed E-state index contributed by atoms with van der Waals surface area (Å²) in [5.41, 5.74) is 4.22. The normalized spacial score (nSPS) is 10.7. The van der Waals surface area contributed by atoms with E-state index in [9.17, 15) is 4.79 Å². The van der Waals surface area contributed by atoms with Crippen LogP contribution in [-0.4, -0.2) is 14.4 Å². The molecule has 5 heteroatoms. The van der Waals surface area contributed by atoms with Crippen molar-refractivity contribution >= 4 is 5.65 Å². The van der Waals surface area contributed by atoms with Gasteiger partial charge in [0, 0.05) is 29.2 Å². The number of nitrogens with zero attached hydrogens (tertiary/aromatic N) is 3. The highest BCUT2D eigenvalue weighted by Crippen LogP contribution is 2.22. The first-order valence-electron chi connectivity index (χ1n) is 6.74. The lowest BCUT2D eigenvalue weighted by molar-refractivity contribution is 1.07. The first kappa shape index (κ1) is 13.1. The van der Waals surface area contributed by atoms with Gasteiger partial charge in [0.2, 0.25) is 0 Å². The van der Waals surface area contributed by atoms with Crippen molar-refractivity contribution in [3.63, 3.8) is 0 Å². The Morgan fingerprint density at radius 3 is 2.90 bits per heavy atom. The van der Waals surface area contributed by atoms with E-state index in [0.29, 0.717) is 0 Å². The lowest BCUT2D eigenvalue weighted by Crippen LogP contribution is -2.12. The number of imidazole rings is 1. The van der Waals surface area contributed by atoms with Crippen molar-refractivity contribution in [1.29, 1.82) is 5.26 Å². The van der Waals surface area contributed by atoms with Gasteiger partial charge in [-0.1, -0.05) is 6.92 Å². The minimum absolute atomic E-state index is 0.121. The fourth-order valence-electron chi connectivity index (χ4n) is 2.38. The van der Waals surface area contributed by atoms with Crippen LogP contribution in [0.1, 0.15) is 23.9 Å². The molecule has 0 aliphatic carbocycles. The number of rotatable bonds is 2. The second-order valence-corrected chi connectivity index (χ2v) is 4.93. The maximum absolute atomic E-state index is 11.6. The summed E-state index contributed by atoms with van der Waals surface area (Å²) in [6.07, 6.45) is 4.83. The number of nitrogens with one attached hydrogen (secondary N) is 1. The van der Waals surface area contributed by atoms with Crippen molar-refractivity contribution in [1.82, 2.24) is 14.4 Å². The van der Waals surface area contributed by atoms with Crippen molar-refractivity contribution in [3.8, 4) is 17.2 Å². The minimum Gasteiger partial charge on any atom is -0.325 e. The van der Waals surface area contributed by atoms with Crippen LogP contribution in [0.25, 0.3) is 16.8 Å². The lowest BCUT2D eigenvalue weighted by Gasteiger charge is -2.07. The van der Waals surface area contributed by atoms with Gasteiger partial charge in [-0.2, -0.15) is 5.26 Å². The molecule has 0 saturated carbocycles. The number of aromatic nitrogens is 3. The molecule has 3 rings (SSSR count). The van der Waals surface area contributed by atoms with E-state index in [2.05, 4.69) is 16.9 Å². The molecule has 0 aromatic carbocycles. The molecule has 3 heterocycles. The number of aromatic amines is 1. The molecule has 3 aromatic rings. The van der Waals surface area contributed by atoms with E-state index in [-0.39, 0.29) is 11.1 Å². The van der Waals surface area contributed by atoms with Crippen LogP contribution in [0.5, 0.6) is 0 Å². The maximum atomic E-state index is 11.6. The molecule has 0 amide bonds. The van der Waals surface area contributed by atoms with Gasteiger partial charge in [-0.15, -0.1) is 0 Å². The molecule has 0 aliphatic heterocycles. The molecule has 3 aromatic heterocycles. The van der Waals surface area contributed by atoms with Crippen LogP contribution < -0.4 is 5.56 Å². The molecule has 1 N–H and O–H groups in total. The summed E-state index contributed by atoms with van der Waals surface area (Å²) >= 11 is 0. The number of H-pyrrole nitrogens is 1. The molecular weight excluding hydrogens is 264 g/mol. The average Bonchev–Trinajstić information content (AvgIpc) is 2.89. The summed E-state index contributed by atoms with van der Waals surface area (Å²) in [6.45, 7) is 3.89. The standard InChI is InChI=1S/C16H14N4O/c1-3-13-9-20-8-11(4-5-15(20)19-13)14-6-12(7-17)16(21)18-10(14)2/h4-6,8-9H,3H2,1-2H3,(H,18,21). The zero-order chi connectivity index (χ0) is 15.0. The van der Waals surface area contributed by atoms with E-state index in [1.165, 1.54) is 0 Å². The molecule has 5 nitrogen and oxygen atoms in total. The molecule has 0 saturated heterocycles. The fraction of sp³-hybridized carbons (Fsp3) is 0.188. The zero-order valence-corrected chi connectivity index (χ0v) is 11.8. The Balaban J connectivity index is 2.20. The van der Waals surface area contributed by atoms with Gasteiger partial charge in [0.25, 0.3) is 5.56 Å². The highest BCUT2D eigenvalue weighted by atomic mass is 16.1. The molecule has 0 unspecified atom stereocenters. The van der Waals surface area contributed by atoms with E-state index >= 15 is 0 Å². The SMILES string of the molecule is CCc1cn2cc(-c3cc(C#N)c(=O)[nH]c3C)ccc2n1. The number of nitriles is 1. The van der Waals surface area contributed by atoms with Gasteiger partial charge in [-0.05, 0) is 31.5 Å². The van der Waals surface area contributed by atoms with Crippen LogP contribution in [0.15, 0.2) is 35.4 Å². The van der Waals surface area contributed by atoms with Crippen molar-refractivity contribution in [3.05, 3.63) is 57.9 Å². The molecule has 0 spiro atoms. The Kier molecular flexibility index (Phi) is 3.07. The van der Waals surface area contributed by atoms with Gasteiger partial charge >= 0.3 is 0 Å². The molecule has 0 aliphatic rings. The van der Waals surface area contributed by atoms with Gasteiger partial charge in [-0.25, -0.2) is 4.98 Å². The Morgan fingerprint density at radius 2 is 2.19 bits per heavy atom. The van der Waals surface area contributed by atoms with Crippen LogP contribution in [-0.2, 0) is 6.42 Å². The van der Waals surface area contributed by atoms with Gasteiger partial charge in [-0.3, -0.25) is 4.79 Å². The number of hydrogen-bond acceptors (Lipinski definition) is 3. The number of hydrogen-bond donors (Lipinski definition) is 1. The predicted octanol–water partition coefficient (Wildman–Crippen LogP) is 2.43. The molecule has 0 atom stereocenters. The fourth-order valence-corrected chi connectivity index (χ4v) is 2.38. The Labute approximate surface area is 121 Å². The average molecular weight is 278 g/mol. The van der Waals surface area contributed by atoms with Gasteiger partial charge in [0.1, 0.15) is 17.3 Å². The summed E-state index contributed by atoms with van der Waals surface area (Å²) in [7, 11) is 0. The second kappa shape index (κ2) is 4.91. The summed E-state index contributed by atoms with van der Waals surface area (Å²) in [5.74, 6) is 0. The topological polar surface area (TPSA) is 73.9 Å². The first-order chi connectivity index (χ1) is 10.1. The van der Waals surface area contributed by atoms with Crippen molar-refractivity contribution < 1.29 is 0 Å². The number of fused-ring (bicyclic) bond motifs is 1. The summed E-state index contributed by atoms with van der Waals surface area (Å²) < 4.78 is 1.96.